The summed E-state index contributed by atoms with van der Waals surface area (Å²) in [5.74, 6) is 0.738. The maximum Gasteiger partial charge on any atom is 0.305 e. The van der Waals surface area contributed by atoms with E-state index in [4.69, 9.17) is 0 Å². The predicted molar refractivity (Wildman–Crippen MR) is 108 cm³/mol. The van der Waals surface area contributed by atoms with Gasteiger partial charge in [0.1, 0.15) is 0 Å². The van der Waals surface area contributed by atoms with Crippen LogP contribution in [0.1, 0.15) is 64.7 Å². The van der Waals surface area contributed by atoms with Crippen LogP contribution in [0.5, 0.6) is 0 Å². The summed E-state index contributed by atoms with van der Waals surface area (Å²) in [5.41, 5.74) is 0. The number of carbonyl (C=O) groups excluding carboxylic acids is 3. The molecule has 0 N–H and O–H groups in total. The van der Waals surface area contributed by atoms with Gasteiger partial charge in [-0.3, -0.25) is 14.4 Å². The number of hydrogen-bond acceptors (Lipinski definition) is 7. The van der Waals surface area contributed by atoms with E-state index in [2.05, 4.69) is 9.02 Å². The number of ether oxygens (including phenoxy) is 1. The fourth-order valence-electron chi connectivity index (χ4n) is 5.92. The number of rotatable bonds is 5. The van der Waals surface area contributed by atoms with Crippen LogP contribution in [-0.2, 0) is 33.5 Å². The van der Waals surface area contributed by atoms with Gasteiger partial charge in [0.05, 0.1) is 25.2 Å². The van der Waals surface area contributed by atoms with Gasteiger partial charge in [0, 0.05) is 6.42 Å². The van der Waals surface area contributed by atoms with Gasteiger partial charge in [-0.05, 0) is 55.8 Å². The maximum absolute atomic E-state index is 12.1. The molecule has 2 amide bonds. The van der Waals surface area contributed by atoms with Crippen molar-refractivity contribution in [1.29, 1.82) is 0 Å². The quantitative estimate of drug-likeness (QED) is 0.475. The van der Waals surface area contributed by atoms with Crippen LogP contribution in [0.15, 0.2) is 0 Å². The molecule has 0 radical (unpaired) electrons. The fourth-order valence-corrected chi connectivity index (χ4v) is 6.34. The zero-order valence-corrected chi connectivity index (χ0v) is 18.9. The van der Waals surface area contributed by atoms with Crippen LogP contribution in [0.2, 0.25) is 0 Å². The first-order valence-electron chi connectivity index (χ1n) is 11.0. The van der Waals surface area contributed by atoms with Crippen molar-refractivity contribution < 1.29 is 31.8 Å². The standard InChI is InChI=1S/C11H17NO5S.C10H16O2/c1-3-7-5-4-6-8-9(7)11(14)12(10(8)13)17-18(2,15)16;1-12-10(11)6-9-5-7-2-3-8(9)4-7/h7-9H,3-6H2,1-2H3;7-9H,2-6H2,1H3. The van der Waals surface area contributed by atoms with Crippen LogP contribution in [-0.4, -0.2) is 44.6 Å². The zero-order chi connectivity index (χ0) is 22.1. The van der Waals surface area contributed by atoms with Gasteiger partial charge in [-0.15, -0.1) is 9.35 Å². The largest absolute Gasteiger partial charge is 0.469 e. The Labute approximate surface area is 178 Å². The lowest BCUT2D eigenvalue weighted by atomic mass is 9.72. The molecule has 6 atom stereocenters. The summed E-state index contributed by atoms with van der Waals surface area (Å²) in [4.78, 5) is 35.1. The Hall–Kier alpha value is -1.48. The van der Waals surface area contributed by atoms with Crippen LogP contribution in [0.4, 0.5) is 0 Å². The highest BCUT2D eigenvalue weighted by Gasteiger charge is 2.53. The average Bonchev–Trinajstić information content (AvgIpc) is 3.38. The molecule has 0 aromatic heterocycles. The van der Waals surface area contributed by atoms with E-state index in [1.807, 2.05) is 6.92 Å². The molecule has 1 saturated heterocycles. The molecule has 1 heterocycles. The van der Waals surface area contributed by atoms with Crippen LogP contribution in [0, 0.1) is 35.5 Å². The monoisotopic (exact) mass is 443 g/mol. The predicted octanol–water partition coefficient (Wildman–Crippen LogP) is 2.67. The molecule has 2 bridgehead atoms. The Bertz CT molecular complexity index is 780. The average molecular weight is 444 g/mol. The van der Waals surface area contributed by atoms with E-state index in [9.17, 15) is 22.8 Å². The number of nitrogens with zero attached hydrogens (tertiary/aromatic N) is 1. The van der Waals surface area contributed by atoms with Crippen molar-refractivity contribution >= 4 is 27.9 Å². The highest BCUT2D eigenvalue weighted by atomic mass is 32.2. The summed E-state index contributed by atoms with van der Waals surface area (Å²) in [6.45, 7) is 1.98. The number of hydrogen-bond donors (Lipinski definition) is 0. The van der Waals surface area contributed by atoms with E-state index in [-0.39, 0.29) is 11.9 Å². The number of hydroxylamine groups is 2. The minimum atomic E-state index is -3.86. The molecule has 4 rings (SSSR count). The fraction of sp³-hybridized carbons (Fsp3) is 0.857. The molecule has 170 valence electrons. The third-order valence-corrected chi connectivity index (χ3v) is 7.73. The van der Waals surface area contributed by atoms with Gasteiger partial charge >= 0.3 is 5.97 Å². The molecular formula is C21H33NO7S. The Morgan fingerprint density at radius 1 is 1.07 bits per heavy atom. The number of fused-ring (bicyclic) bond motifs is 3. The van der Waals surface area contributed by atoms with Crippen molar-refractivity contribution in [3.8, 4) is 0 Å². The molecule has 4 fully saturated rings. The molecule has 30 heavy (non-hydrogen) atoms. The van der Waals surface area contributed by atoms with Crippen molar-refractivity contribution in [2.45, 2.75) is 64.7 Å². The maximum atomic E-state index is 12.1. The summed E-state index contributed by atoms with van der Waals surface area (Å²) >= 11 is 0. The normalized spacial score (nSPS) is 35.1. The van der Waals surface area contributed by atoms with Crippen LogP contribution in [0.3, 0.4) is 0 Å². The summed E-state index contributed by atoms with van der Waals surface area (Å²) in [5, 5.41) is 0.457. The van der Waals surface area contributed by atoms with Gasteiger partial charge in [0.25, 0.3) is 21.9 Å². The summed E-state index contributed by atoms with van der Waals surface area (Å²) < 4.78 is 31.3. The smallest absolute Gasteiger partial charge is 0.305 e. The van der Waals surface area contributed by atoms with Gasteiger partial charge in [0.2, 0.25) is 0 Å². The number of esters is 1. The van der Waals surface area contributed by atoms with Crippen molar-refractivity contribution in [3.63, 3.8) is 0 Å². The molecule has 9 heteroatoms. The SMILES string of the molecule is CCC1CCCC2C(=O)N(OS(C)(=O)=O)C(=O)C12.COC(=O)CC1CC2CCC1C2. The topological polar surface area (TPSA) is 107 Å². The van der Waals surface area contributed by atoms with E-state index in [0.29, 0.717) is 23.8 Å². The Balaban J connectivity index is 0.000000184. The zero-order valence-electron chi connectivity index (χ0n) is 18.0. The molecular weight excluding hydrogens is 410 g/mol. The second-order valence-corrected chi connectivity index (χ2v) is 10.8. The van der Waals surface area contributed by atoms with E-state index in [0.717, 1.165) is 37.4 Å². The van der Waals surface area contributed by atoms with Gasteiger partial charge in [-0.25, -0.2) is 0 Å². The Morgan fingerprint density at radius 2 is 1.80 bits per heavy atom. The third kappa shape index (κ3) is 5.04. The minimum Gasteiger partial charge on any atom is -0.469 e. The van der Waals surface area contributed by atoms with Crippen molar-refractivity contribution in [2.24, 2.45) is 35.5 Å². The van der Waals surface area contributed by atoms with E-state index in [1.54, 1.807) is 0 Å². The Kier molecular flexibility index (Phi) is 7.22. The first-order valence-corrected chi connectivity index (χ1v) is 12.8. The molecule has 1 aliphatic heterocycles. The van der Waals surface area contributed by atoms with Gasteiger partial charge < -0.3 is 4.74 Å². The number of methoxy groups -OCH3 is 1. The van der Waals surface area contributed by atoms with Crippen molar-refractivity contribution in [1.82, 2.24) is 5.06 Å². The molecule has 3 aliphatic carbocycles. The number of amides is 2. The summed E-state index contributed by atoms with van der Waals surface area (Å²) in [6, 6.07) is 0. The molecule has 6 unspecified atom stereocenters. The van der Waals surface area contributed by atoms with E-state index >= 15 is 0 Å². The lowest BCUT2D eigenvalue weighted by molar-refractivity contribution is -0.165. The molecule has 0 aromatic rings. The van der Waals surface area contributed by atoms with Gasteiger partial charge in [-0.2, -0.15) is 8.42 Å². The van der Waals surface area contributed by atoms with Crippen molar-refractivity contribution in [3.05, 3.63) is 0 Å². The first-order chi connectivity index (χ1) is 14.1. The molecule has 3 saturated carbocycles. The number of imide groups is 1. The number of carbonyl (C=O) groups is 3. The van der Waals surface area contributed by atoms with Crippen LogP contribution < -0.4 is 0 Å². The molecule has 4 aliphatic rings. The highest BCUT2D eigenvalue weighted by Crippen LogP contribution is 2.49. The summed E-state index contributed by atoms with van der Waals surface area (Å²) in [7, 11) is -2.37. The third-order valence-electron chi connectivity index (χ3n) is 7.31. The van der Waals surface area contributed by atoms with E-state index in [1.165, 1.54) is 32.8 Å². The lowest BCUT2D eigenvalue weighted by Gasteiger charge is -2.29. The molecule has 8 nitrogen and oxygen atoms in total. The second kappa shape index (κ2) is 9.34. The second-order valence-electron chi connectivity index (χ2n) is 9.20. The van der Waals surface area contributed by atoms with Crippen LogP contribution in [0.25, 0.3) is 0 Å². The molecule has 0 spiro atoms. The minimum absolute atomic E-state index is 0.0208. The first kappa shape index (κ1) is 23.2. The highest BCUT2D eigenvalue weighted by molar-refractivity contribution is 7.85. The van der Waals surface area contributed by atoms with Gasteiger partial charge in [0.15, 0.2) is 0 Å². The van der Waals surface area contributed by atoms with Gasteiger partial charge in [-0.1, -0.05) is 26.2 Å². The van der Waals surface area contributed by atoms with E-state index < -0.39 is 33.8 Å². The van der Waals surface area contributed by atoms with Crippen molar-refractivity contribution in [2.75, 3.05) is 13.4 Å². The summed E-state index contributed by atoms with van der Waals surface area (Å²) in [6.07, 6.45) is 10.2. The Morgan fingerprint density at radius 3 is 2.33 bits per heavy atom. The molecule has 0 aromatic carbocycles. The van der Waals surface area contributed by atoms with Crippen LogP contribution >= 0.6 is 0 Å². The lowest BCUT2D eigenvalue weighted by Crippen LogP contribution is -2.34.